The molecule has 3 N–H and O–H groups in total. The van der Waals surface area contributed by atoms with Crippen LogP contribution in [0.15, 0.2) is 0 Å². The van der Waals surface area contributed by atoms with E-state index in [0.717, 1.165) is 0 Å². The van der Waals surface area contributed by atoms with E-state index in [2.05, 4.69) is 4.72 Å². The molecular weight excluding hydrogens is 240 g/mol. The maximum atomic E-state index is 11.9. The third-order valence-corrected chi connectivity index (χ3v) is 4.44. The van der Waals surface area contributed by atoms with E-state index in [4.69, 9.17) is 10.5 Å². The van der Waals surface area contributed by atoms with Crippen molar-refractivity contribution in [3.63, 3.8) is 0 Å². The first-order valence-corrected chi connectivity index (χ1v) is 7.01. The van der Waals surface area contributed by atoms with Crippen LogP contribution in [0.1, 0.15) is 40.5 Å². The van der Waals surface area contributed by atoms with Gasteiger partial charge in [0.2, 0.25) is 0 Å². The van der Waals surface area contributed by atoms with Gasteiger partial charge in [0.05, 0.1) is 6.04 Å². The molecule has 0 saturated carbocycles. The van der Waals surface area contributed by atoms with Crippen LogP contribution < -0.4 is 10.5 Å². The maximum Gasteiger partial charge on any atom is 0.323 e. The highest BCUT2D eigenvalue weighted by atomic mass is 32.2. The number of hydrogen-bond donors (Lipinski definition) is 2. The summed E-state index contributed by atoms with van der Waals surface area (Å²) >= 11 is -1.16. The van der Waals surface area contributed by atoms with Gasteiger partial charge in [0.15, 0.2) is 0 Å². The van der Waals surface area contributed by atoms with Crippen molar-refractivity contribution in [1.82, 2.24) is 4.72 Å². The van der Waals surface area contributed by atoms with Crippen molar-refractivity contribution in [3.05, 3.63) is 0 Å². The normalized spacial score (nSPS) is 29.6. The van der Waals surface area contributed by atoms with Gasteiger partial charge >= 0.3 is 5.97 Å². The summed E-state index contributed by atoms with van der Waals surface area (Å²) in [7, 11) is 0. The molecule has 100 valence electrons. The minimum atomic E-state index is -1.16. The lowest BCUT2D eigenvalue weighted by atomic mass is 10.0. The lowest BCUT2D eigenvalue weighted by molar-refractivity contribution is -0.157. The van der Waals surface area contributed by atoms with Crippen LogP contribution in [0.4, 0.5) is 0 Å². The van der Waals surface area contributed by atoms with Gasteiger partial charge in [0.1, 0.15) is 16.9 Å². The Morgan fingerprint density at radius 2 is 2.12 bits per heavy atom. The van der Waals surface area contributed by atoms with Crippen molar-refractivity contribution in [3.8, 4) is 0 Å². The Labute approximate surface area is 106 Å². The number of nitrogens with one attached hydrogen (secondary N) is 1. The molecule has 1 aliphatic rings. The van der Waals surface area contributed by atoms with Crippen LogP contribution in [0.25, 0.3) is 0 Å². The van der Waals surface area contributed by atoms with Gasteiger partial charge < -0.3 is 15.0 Å². The number of cyclic esters (lactones) is 1. The lowest BCUT2D eigenvalue weighted by Crippen LogP contribution is -2.52. The molecule has 5 nitrogen and oxygen atoms in total. The summed E-state index contributed by atoms with van der Waals surface area (Å²) in [5.74, 6) is -0.364. The van der Waals surface area contributed by atoms with Gasteiger partial charge in [0, 0.05) is 11.4 Å². The van der Waals surface area contributed by atoms with Gasteiger partial charge in [-0.15, -0.1) is 4.72 Å². The van der Waals surface area contributed by atoms with Gasteiger partial charge in [0.25, 0.3) is 0 Å². The molecule has 0 aromatic heterocycles. The third kappa shape index (κ3) is 4.13. The van der Waals surface area contributed by atoms with Crippen LogP contribution in [-0.2, 0) is 20.9 Å². The van der Waals surface area contributed by atoms with Crippen molar-refractivity contribution in [2.45, 2.75) is 63.5 Å². The van der Waals surface area contributed by atoms with Gasteiger partial charge in [-0.25, -0.2) is 0 Å². The summed E-state index contributed by atoms with van der Waals surface area (Å²) in [5, 5.41) is 0. The van der Waals surface area contributed by atoms with Crippen molar-refractivity contribution in [2.24, 2.45) is 5.73 Å². The second-order valence-corrected chi connectivity index (χ2v) is 7.44. The van der Waals surface area contributed by atoms with Gasteiger partial charge in [-0.05, 0) is 40.5 Å². The monoisotopic (exact) mass is 262 g/mol. The van der Waals surface area contributed by atoms with Gasteiger partial charge in [-0.1, -0.05) is 0 Å². The van der Waals surface area contributed by atoms with Crippen LogP contribution in [0, 0.1) is 0 Å². The first-order valence-electron chi connectivity index (χ1n) is 5.86. The Balaban J connectivity index is 2.48. The predicted molar refractivity (Wildman–Crippen MR) is 67.6 cm³/mol. The van der Waals surface area contributed by atoms with Crippen molar-refractivity contribution in [2.75, 3.05) is 0 Å². The second-order valence-electron chi connectivity index (χ2n) is 5.45. The van der Waals surface area contributed by atoms with Crippen LogP contribution in [0.5, 0.6) is 0 Å². The topological polar surface area (TPSA) is 87.4 Å². The van der Waals surface area contributed by atoms with E-state index in [1.54, 1.807) is 0 Å². The average molecular weight is 262 g/mol. The zero-order valence-corrected chi connectivity index (χ0v) is 11.7. The van der Waals surface area contributed by atoms with E-state index in [1.165, 1.54) is 0 Å². The molecule has 4 atom stereocenters. The molecule has 0 aromatic carbocycles. The van der Waals surface area contributed by atoms with Crippen LogP contribution >= 0.6 is 0 Å². The molecule has 1 unspecified atom stereocenters. The molecule has 1 fully saturated rings. The van der Waals surface area contributed by atoms with Crippen molar-refractivity contribution < 1.29 is 14.1 Å². The van der Waals surface area contributed by atoms with Gasteiger partial charge in [-0.2, -0.15) is 0 Å². The number of nitrogens with two attached hydrogens (primary N) is 1. The Morgan fingerprint density at radius 1 is 1.53 bits per heavy atom. The number of ether oxygens (including phenoxy) is 1. The van der Waals surface area contributed by atoms with Crippen LogP contribution in [0.2, 0.25) is 0 Å². The highest BCUT2D eigenvalue weighted by molar-refractivity contribution is 7.90. The minimum absolute atomic E-state index is 0.133. The quantitative estimate of drug-likeness (QED) is 0.570. The Hall–Kier alpha value is -0.300. The van der Waals surface area contributed by atoms with E-state index >= 15 is 0 Å². The fourth-order valence-electron chi connectivity index (χ4n) is 1.53. The lowest BCUT2D eigenvalue weighted by Gasteiger charge is -2.33. The highest BCUT2D eigenvalue weighted by Crippen LogP contribution is 2.19. The molecule has 0 radical (unpaired) electrons. The van der Waals surface area contributed by atoms with Crippen molar-refractivity contribution in [1.29, 1.82) is 0 Å². The van der Waals surface area contributed by atoms with E-state index in [-0.39, 0.29) is 22.9 Å². The SMILES string of the molecule is C[C@@H](N[S@+]([O-])C(C)(C)C)[C@@H]1CCC(N)C(=O)O1. The number of esters is 1. The molecule has 1 aliphatic heterocycles. The average Bonchev–Trinajstić information content (AvgIpc) is 2.20. The number of carbonyl (C=O) groups is 1. The Kier molecular flexibility index (Phi) is 4.83. The van der Waals surface area contributed by atoms with E-state index in [1.807, 2.05) is 27.7 Å². The number of rotatable bonds is 3. The minimum Gasteiger partial charge on any atom is -0.598 e. The summed E-state index contributed by atoms with van der Waals surface area (Å²) in [4.78, 5) is 11.3. The van der Waals surface area contributed by atoms with Crippen molar-refractivity contribution >= 4 is 17.3 Å². The number of carbonyl (C=O) groups excluding carboxylic acids is 1. The Bertz CT molecular complexity index is 280. The molecule has 1 saturated heterocycles. The fourth-order valence-corrected chi connectivity index (χ4v) is 2.37. The predicted octanol–water partition coefficient (Wildman–Crippen LogP) is 0.460. The molecule has 0 aliphatic carbocycles. The van der Waals surface area contributed by atoms with E-state index in [0.29, 0.717) is 12.8 Å². The second kappa shape index (κ2) is 5.56. The molecule has 0 bridgehead atoms. The Morgan fingerprint density at radius 3 is 2.59 bits per heavy atom. The van der Waals surface area contributed by atoms with E-state index in [9.17, 15) is 9.35 Å². The third-order valence-electron chi connectivity index (χ3n) is 2.74. The zero-order chi connectivity index (χ0) is 13.2. The smallest absolute Gasteiger partial charge is 0.323 e. The zero-order valence-electron chi connectivity index (χ0n) is 10.9. The molecule has 0 aromatic rings. The summed E-state index contributed by atoms with van der Waals surface area (Å²) in [6.45, 7) is 7.56. The van der Waals surface area contributed by atoms with Crippen LogP contribution in [0.3, 0.4) is 0 Å². The first kappa shape index (κ1) is 14.8. The molecule has 1 heterocycles. The maximum absolute atomic E-state index is 11.9. The van der Waals surface area contributed by atoms with Crippen LogP contribution in [-0.4, -0.2) is 33.5 Å². The summed E-state index contributed by atoms with van der Waals surface area (Å²) in [6.07, 6.45) is 1.09. The molecular formula is C11H22N2O3S. The largest absolute Gasteiger partial charge is 0.598 e. The standard InChI is InChI=1S/C11H22N2O3S/c1-7(13-17(15)11(2,3)4)9-6-5-8(12)10(14)16-9/h7-9,13H,5-6,12H2,1-4H3/t7-,8?,9+,17-/m1/s1. The highest BCUT2D eigenvalue weighted by Gasteiger charge is 2.35. The summed E-state index contributed by atoms with van der Waals surface area (Å²) < 4.78 is 19.8. The molecule has 6 heteroatoms. The van der Waals surface area contributed by atoms with Gasteiger partial charge in [-0.3, -0.25) is 4.79 Å². The molecule has 17 heavy (non-hydrogen) atoms. The summed E-state index contributed by atoms with van der Waals surface area (Å²) in [5.41, 5.74) is 5.56. The first-order chi connectivity index (χ1) is 7.71. The molecule has 0 amide bonds. The fraction of sp³-hybridized carbons (Fsp3) is 0.909. The molecule has 0 spiro atoms. The van der Waals surface area contributed by atoms with E-state index < -0.39 is 17.4 Å². The molecule has 1 rings (SSSR count). The summed E-state index contributed by atoms with van der Waals surface area (Å²) in [6, 6.07) is -0.641. The number of hydrogen-bond acceptors (Lipinski definition) is 5.